The summed E-state index contributed by atoms with van der Waals surface area (Å²) in [5, 5.41) is 0.663. The van der Waals surface area contributed by atoms with Crippen LogP contribution in [0.25, 0.3) is 0 Å². The topological polar surface area (TPSA) is 51.4 Å². The van der Waals surface area contributed by atoms with Crippen LogP contribution in [0.5, 0.6) is 5.75 Å². The summed E-state index contributed by atoms with van der Waals surface area (Å²) in [6.45, 7) is 2.57. The molecule has 4 nitrogen and oxygen atoms in total. The first-order valence-electron chi connectivity index (χ1n) is 6.27. The Bertz CT molecular complexity index is 616. The number of benzene rings is 1. The average molecular weight is 292 g/mol. The maximum absolute atomic E-state index is 6.02. The van der Waals surface area contributed by atoms with Gasteiger partial charge in [-0.1, -0.05) is 11.6 Å². The maximum atomic E-state index is 6.02. The van der Waals surface area contributed by atoms with Crippen LogP contribution in [0.1, 0.15) is 11.4 Å². The minimum atomic E-state index is 0.628. The van der Waals surface area contributed by atoms with Gasteiger partial charge in [0.25, 0.3) is 0 Å². The van der Waals surface area contributed by atoms with E-state index in [0.717, 1.165) is 22.8 Å². The first kappa shape index (κ1) is 14.5. The van der Waals surface area contributed by atoms with Crippen molar-refractivity contribution in [3.8, 4) is 5.75 Å². The molecular formula is C15H18ClN3O. The van der Waals surface area contributed by atoms with E-state index in [2.05, 4.69) is 4.98 Å². The van der Waals surface area contributed by atoms with Crippen molar-refractivity contribution in [3.05, 3.63) is 46.7 Å². The number of methoxy groups -OCH3 is 1. The quantitative estimate of drug-likeness (QED) is 0.879. The molecular weight excluding hydrogens is 274 g/mol. The highest BCUT2D eigenvalue weighted by Gasteiger charge is 2.09. The minimum absolute atomic E-state index is 0.628. The Labute approximate surface area is 124 Å². The normalized spacial score (nSPS) is 10.4. The van der Waals surface area contributed by atoms with Crippen molar-refractivity contribution in [2.24, 2.45) is 0 Å². The molecule has 20 heavy (non-hydrogen) atoms. The van der Waals surface area contributed by atoms with Crippen molar-refractivity contribution >= 4 is 23.0 Å². The summed E-state index contributed by atoms with van der Waals surface area (Å²) >= 11 is 6.02. The van der Waals surface area contributed by atoms with E-state index < -0.39 is 0 Å². The second kappa shape index (κ2) is 6.01. The third-order valence-corrected chi connectivity index (χ3v) is 3.25. The number of nitrogen functional groups attached to an aromatic ring is 1. The summed E-state index contributed by atoms with van der Waals surface area (Å²) in [6.07, 6.45) is 0. The second-order valence-electron chi connectivity index (χ2n) is 4.70. The molecule has 0 unspecified atom stereocenters. The lowest BCUT2D eigenvalue weighted by atomic mass is 10.2. The van der Waals surface area contributed by atoms with Gasteiger partial charge in [-0.3, -0.25) is 4.98 Å². The van der Waals surface area contributed by atoms with E-state index in [0.29, 0.717) is 17.3 Å². The van der Waals surface area contributed by atoms with Gasteiger partial charge in [-0.05, 0) is 25.1 Å². The maximum Gasteiger partial charge on any atom is 0.122 e. The molecule has 0 spiro atoms. The van der Waals surface area contributed by atoms with E-state index in [1.165, 1.54) is 0 Å². The minimum Gasteiger partial charge on any atom is -0.497 e. The molecule has 2 N–H and O–H groups in total. The number of aromatic nitrogens is 1. The molecule has 0 aliphatic rings. The average Bonchev–Trinajstić information content (AvgIpc) is 2.40. The number of hydrogen-bond acceptors (Lipinski definition) is 4. The van der Waals surface area contributed by atoms with Crippen LogP contribution < -0.4 is 15.4 Å². The molecule has 5 heteroatoms. The molecule has 2 rings (SSSR count). The van der Waals surface area contributed by atoms with Gasteiger partial charge in [-0.25, -0.2) is 0 Å². The Balaban J connectivity index is 2.25. The predicted octanol–water partition coefficient (Wildman–Crippen LogP) is 3.27. The molecule has 1 aromatic heterocycles. The fourth-order valence-corrected chi connectivity index (χ4v) is 2.24. The van der Waals surface area contributed by atoms with Crippen LogP contribution in [0.4, 0.5) is 11.4 Å². The number of nitrogens with zero attached hydrogens (tertiary/aromatic N) is 2. The molecule has 0 saturated carbocycles. The third kappa shape index (κ3) is 3.33. The Hall–Kier alpha value is -1.94. The van der Waals surface area contributed by atoms with E-state index in [9.17, 15) is 0 Å². The van der Waals surface area contributed by atoms with E-state index in [4.69, 9.17) is 22.1 Å². The number of aryl methyl sites for hydroxylation is 1. The van der Waals surface area contributed by atoms with Gasteiger partial charge in [0.2, 0.25) is 0 Å². The van der Waals surface area contributed by atoms with E-state index in [1.807, 2.05) is 37.1 Å². The molecule has 2 aromatic rings. The van der Waals surface area contributed by atoms with Gasteiger partial charge in [0.05, 0.1) is 30.7 Å². The van der Waals surface area contributed by atoms with Crippen LogP contribution in [0.15, 0.2) is 30.3 Å². The Kier molecular flexibility index (Phi) is 4.35. The molecule has 1 aromatic carbocycles. The van der Waals surface area contributed by atoms with Crippen molar-refractivity contribution in [1.29, 1.82) is 0 Å². The van der Waals surface area contributed by atoms with Gasteiger partial charge < -0.3 is 15.4 Å². The lowest BCUT2D eigenvalue weighted by molar-refractivity contribution is 0.413. The first-order chi connectivity index (χ1) is 9.49. The van der Waals surface area contributed by atoms with E-state index in [-0.39, 0.29) is 0 Å². The van der Waals surface area contributed by atoms with Crippen LogP contribution in [-0.2, 0) is 6.54 Å². The summed E-state index contributed by atoms with van der Waals surface area (Å²) in [6, 6.07) is 9.26. The van der Waals surface area contributed by atoms with Crippen molar-refractivity contribution in [2.75, 3.05) is 24.8 Å². The van der Waals surface area contributed by atoms with Gasteiger partial charge in [0.1, 0.15) is 5.75 Å². The van der Waals surface area contributed by atoms with Gasteiger partial charge >= 0.3 is 0 Å². The number of pyridine rings is 1. The number of nitrogens with two attached hydrogens (primary N) is 1. The van der Waals surface area contributed by atoms with Crippen LogP contribution >= 0.6 is 11.6 Å². The Morgan fingerprint density at radius 2 is 2.05 bits per heavy atom. The predicted molar refractivity (Wildman–Crippen MR) is 83.5 cm³/mol. The van der Waals surface area contributed by atoms with Crippen molar-refractivity contribution < 1.29 is 4.74 Å². The van der Waals surface area contributed by atoms with Crippen LogP contribution in [0, 0.1) is 6.92 Å². The summed E-state index contributed by atoms with van der Waals surface area (Å²) in [5.41, 5.74) is 9.41. The van der Waals surface area contributed by atoms with Crippen molar-refractivity contribution in [2.45, 2.75) is 13.5 Å². The van der Waals surface area contributed by atoms with Gasteiger partial charge in [-0.15, -0.1) is 0 Å². The molecule has 1 heterocycles. The van der Waals surface area contributed by atoms with E-state index in [1.54, 1.807) is 19.2 Å². The molecule has 0 atom stereocenters. The number of rotatable bonds is 4. The largest absolute Gasteiger partial charge is 0.497 e. The second-order valence-corrected chi connectivity index (χ2v) is 5.14. The lowest BCUT2D eigenvalue weighted by Crippen LogP contribution is -2.18. The summed E-state index contributed by atoms with van der Waals surface area (Å²) in [7, 11) is 3.61. The smallest absolute Gasteiger partial charge is 0.122 e. The molecule has 0 radical (unpaired) electrons. The number of anilines is 2. The van der Waals surface area contributed by atoms with Crippen molar-refractivity contribution in [1.82, 2.24) is 4.98 Å². The summed E-state index contributed by atoms with van der Waals surface area (Å²) in [4.78, 5) is 6.52. The third-order valence-electron chi connectivity index (χ3n) is 3.02. The zero-order chi connectivity index (χ0) is 14.7. The van der Waals surface area contributed by atoms with Crippen LogP contribution in [0.2, 0.25) is 5.02 Å². The molecule has 0 aliphatic heterocycles. The first-order valence-corrected chi connectivity index (χ1v) is 6.65. The molecule has 0 saturated heterocycles. The zero-order valence-corrected chi connectivity index (χ0v) is 12.6. The van der Waals surface area contributed by atoms with E-state index >= 15 is 0 Å². The standard InChI is InChI=1S/C15H18ClN3O/c1-10-6-13(20-3)8-12(18-10)9-19(2)15-7-11(16)4-5-14(15)17/h4-8H,9,17H2,1-3H3. The molecule has 0 bridgehead atoms. The zero-order valence-electron chi connectivity index (χ0n) is 11.9. The van der Waals surface area contributed by atoms with Crippen LogP contribution in [-0.4, -0.2) is 19.1 Å². The fraction of sp³-hybridized carbons (Fsp3) is 0.267. The Morgan fingerprint density at radius 3 is 2.75 bits per heavy atom. The SMILES string of the molecule is COc1cc(C)nc(CN(C)c2cc(Cl)ccc2N)c1. The summed E-state index contributed by atoms with van der Waals surface area (Å²) < 4.78 is 5.26. The van der Waals surface area contributed by atoms with Gasteiger partial charge in [0.15, 0.2) is 0 Å². The molecule has 106 valence electrons. The fourth-order valence-electron chi connectivity index (χ4n) is 2.08. The van der Waals surface area contributed by atoms with Gasteiger partial charge in [0, 0.05) is 29.9 Å². The number of ether oxygens (including phenoxy) is 1. The molecule has 0 fully saturated rings. The highest BCUT2D eigenvalue weighted by atomic mass is 35.5. The van der Waals surface area contributed by atoms with Crippen LogP contribution in [0.3, 0.4) is 0 Å². The Morgan fingerprint density at radius 1 is 1.30 bits per heavy atom. The van der Waals surface area contributed by atoms with Crippen molar-refractivity contribution in [3.63, 3.8) is 0 Å². The molecule has 0 amide bonds. The van der Waals surface area contributed by atoms with Gasteiger partial charge in [-0.2, -0.15) is 0 Å². The summed E-state index contributed by atoms with van der Waals surface area (Å²) in [5.74, 6) is 0.806. The molecule has 0 aliphatic carbocycles. The highest BCUT2D eigenvalue weighted by molar-refractivity contribution is 6.31. The number of halogens is 1. The monoisotopic (exact) mass is 291 g/mol. The highest BCUT2D eigenvalue weighted by Crippen LogP contribution is 2.27. The lowest BCUT2D eigenvalue weighted by Gasteiger charge is -2.21. The number of hydrogen-bond donors (Lipinski definition) is 1.